The van der Waals surface area contributed by atoms with Crippen molar-refractivity contribution in [3.05, 3.63) is 77.9 Å². The van der Waals surface area contributed by atoms with Gasteiger partial charge in [0.1, 0.15) is 0 Å². The Morgan fingerprint density at radius 3 is 2.86 bits per heavy atom. The highest BCUT2D eigenvalue weighted by molar-refractivity contribution is 5.93. The average molecular weight is 385 g/mol. The van der Waals surface area contributed by atoms with Gasteiger partial charge >= 0.3 is 0 Å². The van der Waals surface area contributed by atoms with Crippen LogP contribution in [0, 0.1) is 6.92 Å². The van der Waals surface area contributed by atoms with Gasteiger partial charge in [-0.05, 0) is 43.5 Å². The molecular weight excluding hydrogens is 362 g/mol. The Hall–Kier alpha value is -3.41. The number of H-pyrrole nitrogens is 1. The highest BCUT2D eigenvalue weighted by atomic mass is 16.2. The van der Waals surface area contributed by atoms with E-state index >= 15 is 0 Å². The number of amides is 1. The van der Waals surface area contributed by atoms with Crippen molar-refractivity contribution in [2.75, 3.05) is 13.1 Å². The average Bonchev–Trinajstić information content (AvgIpc) is 3.41. The Labute approximate surface area is 169 Å². The third kappa shape index (κ3) is 3.31. The number of fused-ring (bicyclic) bond motifs is 1. The molecule has 1 aliphatic rings. The number of carbonyl (C=O) groups is 1. The first-order chi connectivity index (χ1) is 14.2. The van der Waals surface area contributed by atoms with Crippen LogP contribution in [0.2, 0.25) is 0 Å². The predicted molar refractivity (Wildman–Crippen MR) is 112 cm³/mol. The Kier molecular flexibility index (Phi) is 4.39. The lowest BCUT2D eigenvalue weighted by Gasteiger charge is -2.32. The topological polar surface area (TPSA) is 66.3 Å². The molecule has 1 N–H and O–H groups in total. The molecule has 0 bridgehead atoms. The smallest absolute Gasteiger partial charge is 0.274 e. The van der Waals surface area contributed by atoms with Crippen molar-refractivity contribution < 1.29 is 4.79 Å². The maximum Gasteiger partial charge on any atom is 0.274 e. The summed E-state index contributed by atoms with van der Waals surface area (Å²) in [6.45, 7) is 3.52. The Bertz CT molecular complexity index is 1120. The Balaban J connectivity index is 1.39. The fraction of sp³-hybridized carbons (Fsp3) is 0.261. The lowest BCUT2D eigenvalue weighted by Crippen LogP contribution is -2.39. The van der Waals surface area contributed by atoms with Gasteiger partial charge in [0, 0.05) is 36.5 Å². The minimum Gasteiger partial charge on any atom is -0.337 e. The molecule has 4 heterocycles. The van der Waals surface area contributed by atoms with Gasteiger partial charge in [-0.15, -0.1) is 0 Å². The summed E-state index contributed by atoms with van der Waals surface area (Å²) in [7, 11) is 0. The van der Waals surface area contributed by atoms with Crippen LogP contribution in [0.3, 0.4) is 0 Å². The van der Waals surface area contributed by atoms with Crippen LogP contribution in [-0.2, 0) is 0 Å². The van der Waals surface area contributed by atoms with Crippen molar-refractivity contribution in [3.8, 4) is 11.1 Å². The second-order valence-electron chi connectivity index (χ2n) is 7.75. The first kappa shape index (κ1) is 17.7. The molecule has 0 aliphatic carbocycles. The van der Waals surface area contributed by atoms with E-state index in [0.29, 0.717) is 12.2 Å². The number of nitrogens with one attached hydrogen (secondary N) is 1. The molecule has 1 amide bonds. The molecule has 29 heavy (non-hydrogen) atoms. The molecule has 0 radical (unpaired) electrons. The predicted octanol–water partition coefficient (Wildman–Crippen LogP) is 4.05. The molecule has 4 aromatic rings. The van der Waals surface area contributed by atoms with E-state index in [1.807, 2.05) is 41.6 Å². The van der Waals surface area contributed by atoms with Gasteiger partial charge in [0.25, 0.3) is 5.91 Å². The van der Waals surface area contributed by atoms with Gasteiger partial charge in [-0.2, -0.15) is 10.2 Å². The number of pyridine rings is 1. The number of benzene rings is 1. The molecule has 1 atom stereocenters. The Morgan fingerprint density at radius 2 is 2.03 bits per heavy atom. The number of rotatable bonds is 3. The van der Waals surface area contributed by atoms with Crippen LogP contribution >= 0.6 is 0 Å². The number of aryl methyl sites for hydroxylation is 1. The zero-order chi connectivity index (χ0) is 19.8. The number of nitrogens with zero attached hydrogens (tertiary/aromatic N) is 4. The van der Waals surface area contributed by atoms with Crippen LogP contribution < -0.4 is 0 Å². The number of hydrogen-bond donors (Lipinski definition) is 1. The molecule has 1 saturated heterocycles. The second-order valence-corrected chi connectivity index (χ2v) is 7.75. The van der Waals surface area contributed by atoms with Gasteiger partial charge in [0.15, 0.2) is 5.69 Å². The minimum absolute atomic E-state index is 0.00481. The molecule has 6 heteroatoms. The van der Waals surface area contributed by atoms with E-state index in [2.05, 4.69) is 46.5 Å². The number of hydrogen-bond acceptors (Lipinski definition) is 3. The van der Waals surface area contributed by atoms with Crippen LogP contribution in [0.1, 0.15) is 40.5 Å². The quantitative estimate of drug-likeness (QED) is 0.578. The van der Waals surface area contributed by atoms with E-state index in [1.54, 1.807) is 4.52 Å². The van der Waals surface area contributed by atoms with Gasteiger partial charge < -0.3 is 4.90 Å². The number of carbonyl (C=O) groups excluding carboxylic acids is 1. The molecule has 5 rings (SSSR count). The van der Waals surface area contributed by atoms with Gasteiger partial charge in [-0.1, -0.05) is 35.9 Å². The molecule has 0 saturated carbocycles. The lowest BCUT2D eigenvalue weighted by atomic mass is 9.90. The van der Waals surface area contributed by atoms with Crippen LogP contribution in [0.25, 0.3) is 16.6 Å². The third-order valence-corrected chi connectivity index (χ3v) is 5.74. The summed E-state index contributed by atoms with van der Waals surface area (Å²) in [5, 5.41) is 12.0. The van der Waals surface area contributed by atoms with E-state index in [4.69, 9.17) is 0 Å². The highest BCUT2D eigenvalue weighted by Crippen LogP contribution is 2.33. The zero-order valence-corrected chi connectivity index (χ0v) is 16.4. The minimum atomic E-state index is -0.00481. The summed E-state index contributed by atoms with van der Waals surface area (Å²) in [5.74, 6) is 0.235. The molecule has 0 spiro atoms. The van der Waals surface area contributed by atoms with E-state index in [0.717, 1.165) is 41.7 Å². The molecular formula is C23H23N5O. The first-order valence-corrected chi connectivity index (χ1v) is 10.0. The highest BCUT2D eigenvalue weighted by Gasteiger charge is 2.29. The van der Waals surface area contributed by atoms with Gasteiger partial charge in [0.05, 0.1) is 11.7 Å². The van der Waals surface area contributed by atoms with Crippen molar-refractivity contribution >= 4 is 11.4 Å². The fourth-order valence-electron chi connectivity index (χ4n) is 4.17. The van der Waals surface area contributed by atoms with E-state index < -0.39 is 0 Å². The van der Waals surface area contributed by atoms with Gasteiger partial charge in [-0.3, -0.25) is 9.89 Å². The van der Waals surface area contributed by atoms with E-state index in [1.165, 1.54) is 5.56 Å². The lowest BCUT2D eigenvalue weighted by molar-refractivity contribution is 0.0699. The number of aromatic nitrogens is 4. The summed E-state index contributed by atoms with van der Waals surface area (Å²) >= 11 is 0. The molecule has 146 valence electrons. The Morgan fingerprint density at radius 1 is 1.17 bits per heavy atom. The van der Waals surface area contributed by atoms with Crippen molar-refractivity contribution in [3.63, 3.8) is 0 Å². The summed E-state index contributed by atoms with van der Waals surface area (Å²) in [4.78, 5) is 15.0. The normalized spacial score (nSPS) is 17.0. The maximum absolute atomic E-state index is 13.1. The summed E-state index contributed by atoms with van der Waals surface area (Å²) in [6, 6.07) is 16.2. The number of piperidine rings is 1. The fourth-order valence-corrected chi connectivity index (χ4v) is 4.17. The number of aromatic amines is 1. The SMILES string of the molecule is Cc1ccc(-c2cn[nH]c2[C@H]2CCCN(C(=O)c3cc4ccccn4n3)C2)cc1. The number of likely N-dealkylation sites (tertiary alicyclic amines) is 1. The van der Waals surface area contributed by atoms with Crippen molar-refractivity contribution in [1.29, 1.82) is 0 Å². The van der Waals surface area contributed by atoms with Gasteiger partial charge in [0.2, 0.25) is 0 Å². The molecule has 1 fully saturated rings. The van der Waals surface area contributed by atoms with E-state index in [-0.39, 0.29) is 11.8 Å². The maximum atomic E-state index is 13.1. The van der Waals surface area contributed by atoms with Crippen LogP contribution in [-0.4, -0.2) is 43.7 Å². The molecule has 6 nitrogen and oxygen atoms in total. The van der Waals surface area contributed by atoms with E-state index in [9.17, 15) is 4.79 Å². The standard InChI is InChI=1S/C23H23N5O/c1-16-7-9-17(10-8-16)20-14-24-25-22(20)18-5-4-11-27(15-18)23(29)21-13-19-6-2-3-12-28(19)26-21/h2-3,6-10,12-14,18H,4-5,11,15H2,1H3,(H,24,25)/t18-/m0/s1. The molecule has 1 aromatic carbocycles. The summed E-state index contributed by atoms with van der Waals surface area (Å²) in [5.41, 5.74) is 6.06. The summed E-state index contributed by atoms with van der Waals surface area (Å²) in [6.07, 6.45) is 5.76. The van der Waals surface area contributed by atoms with Crippen LogP contribution in [0.5, 0.6) is 0 Å². The zero-order valence-electron chi connectivity index (χ0n) is 16.4. The molecule has 3 aromatic heterocycles. The molecule has 1 aliphatic heterocycles. The van der Waals surface area contributed by atoms with Crippen molar-refractivity contribution in [2.24, 2.45) is 0 Å². The third-order valence-electron chi connectivity index (χ3n) is 5.74. The van der Waals surface area contributed by atoms with Crippen LogP contribution in [0.15, 0.2) is 60.9 Å². The van der Waals surface area contributed by atoms with Crippen LogP contribution in [0.4, 0.5) is 0 Å². The summed E-state index contributed by atoms with van der Waals surface area (Å²) < 4.78 is 1.75. The monoisotopic (exact) mass is 385 g/mol. The van der Waals surface area contributed by atoms with Crippen molar-refractivity contribution in [2.45, 2.75) is 25.7 Å². The first-order valence-electron chi connectivity index (χ1n) is 10.0. The van der Waals surface area contributed by atoms with Crippen molar-refractivity contribution in [1.82, 2.24) is 24.7 Å². The largest absolute Gasteiger partial charge is 0.337 e. The second kappa shape index (κ2) is 7.20. The molecule has 0 unspecified atom stereocenters. The van der Waals surface area contributed by atoms with Gasteiger partial charge in [-0.25, -0.2) is 4.52 Å².